The van der Waals surface area contributed by atoms with Gasteiger partial charge in [-0.15, -0.1) is 0 Å². The second-order valence-electron chi connectivity index (χ2n) is 2.24. The van der Waals surface area contributed by atoms with E-state index in [9.17, 15) is 8.96 Å². The van der Waals surface area contributed by atoms with Crippen LogP contribution in [0.1, 0.15) is 6.92 Å². The first kappa shape index (κ1) is 10.2. The van der Waals surface area contributed by atoms with E-state index in [0.29, 0.717) is 12.4 Å². The van der Waals surface area contributed by atoms with Crippen LogP contribution in [0.15, 0.2) is 24.3 Å². The van der Waals surface area contributed by atoms with Crippen molar-refractivity contribution < 1.29 is 18.0 Å². The van der Waals surface area contributed by atoms with E-state index in [-0.39, 0.29) is 5.82 Å². The normalized spacial score (nSPS) is 12.5. The molecule has 1 rings (SSSR count). The fourth-order valence-electron chi connectivity index (χ4n) is 0.746. The molecule has 13 heavy (non-hydrogen) atoms. The van der Waals surface area contributed by atoms with E-state index in [1.54, 1.807) is 6.92 Å². The van der Waals surface area contributed by atoms with Crippen molar-refractivity contribution in [2.75, 3.05) is 6.61 Å². The summed E-state index contributed by atoms with van der Waals surface area (Å²) in [5.74, 6) is -0.0119. The van der Waals surface area contributed by atoms with Crippen molar-refractivity contribution >= 4 is 8.25 Å². The molecule has 0 aliphatic heterocycles. The second-order valence-corrected chi connectivity index (χ2v) is 3.23. The molecule has 0 fully saturated rings. The number of halogens is 1. The number of benzene rings is 1. The Morgan fingerprint density at radius 3 is 2.54 bits per heavy atom. The smallest absolute Gasteiger partial charge is 0.367 e. The van der Waals surface area contributed by atoms with E-state index in [1.807, 2.05) is 0 Å². The predicted octanol–water partition coefficient (Wildman–Crippen LogP) is 2.63. The number of hydrogen-bond acceptors (Lipinski definition) is 3. The van der Waals surface area contributed by atoms with Gasteiger partial charge in [0.1, 0.15) is 11.6 Å². The molecule has 0 spiro atoms. The summed E-state index contributed by atoms with van der Waals surface area (Å²) in [5.41, 5.74) is 0. The second kappa shape index (κ2) is 5.00. The van der Waals surface area contributed by atoms with Crippen LogP contribution >= 0.6 is 8.25 Å². The first-order chi connectivity index (χ1) is 6.22. The summed E-state index contributed by atoms with van der Waals surface area (Å²) in [6.07, 6.45) is 0. The lowest BCUT2D eigenvalue weighted by Gasteiger charge is -2.04. The van der Waals surface area contributed by atoms with E-state index >= 15 is 0 Å². The first-order valence-electron chi connectivity index (χ1n) is 3.82. The lowest BCUT2D eigenvalue weighted by Crippen LogP contribution is -1.86. The van der Waals surface area contributed by atoms with E-state index in [4.69, 9.17) is 9.05 Å². The minimum Gasteiger partial charge on any atom is -0.426 e. The molecular formula is C8H10FO3P. The van der Waals surface area contributed by atoms with E-state index in [2.05, 4.69) is 0 Å². The standard InChI is InChI=1S/C8H10FO3P/c1-2-11-13(10)12-8-5-3-7(9)4-6-8/h3-6,13H,2H2,1H3. The zero-order valence-electron chi connectivity index (χ0n) is 7.12. The fraction of sp³-hybridized carbons (Fsp3) is 0.250. The molecule has 72 valence electrons. The third kappa shape index (κ3) is 3.57. The average Bonchev–Trinajstić information content (AvgIpc) is 2.09. The van der Waals surface area contributed by atoms with Gasteiger partial charge in [0.15, 0.2) is 0 Å². The van der Waals surface area contributed by atoms with Gasteiger partial charge in [-0.1, -0.05) is 0 Å². The molecule has 0 radical (unpaired) electrons. The van der Waals surface area contributed by atoms with Gasteiger partial charge in [-0.25, -0.2) is 8.96 Å². The third-order valence-corrected chi connectivity index (χ3v) is 2.20. The Balaban J connectivity index is 2.54. The molecular weight excluding hydrogens is 194 g/mol. The molecule has 0 heterocycles. The largest absolute Gasteiger partial charge is 0.426 e. The van der Waals surface area contributed by atoms with Crippen LogP contribution in [0, 0.1) is 5.82 Å². The molecule has 0 saturated carbocycles. The van der Waals surface area contributed by atoms with Crippen molar-refractivity contribution in [3.63, 3.8) is 0 Å². The van der Waals surface area contributed by atoms with Crippen molar-refractivity contribution in [2.45, 2.75) is 6.92 Å². The minimum atomic E-state index is -2.48. The maximum atomic E-state index is 12.4. The highest BCUT2D eigenvalue weighted by Crippen LogP contribution is 2.27. The molecule has 0 saturated heterocycles. The Bertz CT molecular complexity index is 286. The molecule has 0 aromatic heterocycles. The van der Waals surface area contributed by atoms with Crippen LogP contribution in [-0.2, 0) is 9.09 Å². The summed E-state index contributed by atoms with van der Waals surface area (Å²) in [5, 5.41) is 0. The van der Waals surface area contributed by atoms with Gasteiger partial charge < -0.3 is 9.05 Å². The van der Waals surface area contributed by atoms with E-state index in [0.717, 1.165) is 0 Å². The zero-order valence-corrected chi connectivity index (χ0v) is 8.12. The number of hydrogen-bond donors (Lipinski definition) is 0. The summed E-state index contributed by atoms with van der Waals surface area (Å²) in [6, 6.07) is 5.26. The Morgan fingerprint density at radius 2 is 2.00 bits per heavy atom. The highest BCUT2D eigenvalue weighted by molar-refractivity contribution is 7.33. The maximum Gasteiger partial charge on any atom is 0.367 e. The van der Waals surface area contributed by atoms with Crippen LogP contribution < -0.4 is 4.52 Å². The van der Waals surface area contributed by atoms with Crippen LogP contribution in [-0.4, -0.2) is 6.61 Å². The van der Waals surface area contributed by atoms with Gasteiger partial charge in [0, 0.05) is 0 Å². The maximum absolute atomic E-state index is 12.4. The molecule has 0 aliphatic rings. The Labute approximate surface area is 76.4 Å². The Kier molecular flexibility index (Phi) is 3.93. The SMILES string of the molecule is CCO[PH](=O)Oc1ccc(F)cc1. The first-order valence-corrected chi connectivity index (χ1v) is 5.05. The molecule has 1 aromatic carbocycles. The summed E-state index contributed by atoms with van der Waals surface area (Å²) >= 11 is 0. The Hall–Kier alpha value is -0.860. The quantitative estimate of drug-likeness (QED) is 0.707. The highest BCUT2D eigenvalue weighted by atomic mass is 31.1. The topological polar surface area (TPSA) is 35.5 Å². The number of rotatable bonds is 4. The fourth-order valence-corrected chi connectivity index (χ4v) is 1.37. The predicted molar refractivity (Wildman–Crippen MR) is 47.7 cm³/mol. The molecule has 5 heteroatoms. The van der Waals surface area contributed by atoms with Crippen LogP contribution in [0.4, 0.5) is 4.39 Å². The van der Waals surface area contributed by atoms with Gasteiger partial charge in [0.2, 0.25) is 0 Å². The molecule has 0 bridgehead atoms. The molecule has 1 unspecified atom stereocenters. The van der Waals surface area contributed by atoms with Gasteiger partial charge in [-0.05, 0) is 31.2 Å². The average molecular weight is 204 g/mol. The molecule has 0 N–H and O–H groups in total. The van der Waals surface area contributed by atoms with Crippen LogP contribution in [0.2, 0.25) is 0 Å². The lowest BCUT2D eigenvalue weighted by molar-refractivity contribution is 0.302. The van der Waals surface area contributed by atoms with Crippen LogP contribution in [0.3, 0.4) is 0 Å². The van der Waals surface area contributed by atoms with Crippen LogP contribution in [0.25, 0.3) is 0 Å². The van der Waals surface area contributed by atoms with Crippen molar-refractivity contribution in [2.24, 2.45) is 0 Å². The van der Waals surface area contributed by atoms with Gasteiger partial charge in [0.25, 0.3) is 0 Å². The Morgan fingerprint density at radius 1 is 1.38 bits per heavy atom. The highest BCUT2D eigenvalue weighted by Gasteiger charge is 2.00. The van der Waals surface area contributed by atoms with Gasteiger partial charge in [-0.3, -0.25) is 0 Å². The molecule has 0 amide bonds. The summed E-state index contributed by atoms with van der Waals surface area (Å²) in [6.45, 7) is 2.05. The summed E-state index contributed by atoms with van der Waals surface area (Å²) in [7, 11) is -2.48. The van der Waals surface area contributed by atoms with Crippen molar-refractivity contribution in [3.05, 3.63) is 30.1 Å². The molecule has 0 aliphatic carbocycles. The summed E-state index contributed by atoms with van der Waals surface area (Å²) < 4.78 is 32.9. The monoisotopic (exact) mass is 204 g/mol. The van der Waals surface area contributed by atoms with Crippen LogP contribution in [0.5, 0.6) is 5.75 Å². The molecule has 3 nitrogen and oxygen atoms in total. The van der Waals surface area contributed by atoms with E-state index < -0.39 is 8.25 Å². The van der Waals surface area contributed by atoms with Gasteiger partial charge in [0.05, 0.1) is 6.61 Å². The minimum absolute atomic E-state index is 0.332. The van der Waals surface area contributed by atoms with Crippen molar-refractivity contribution in [1.82, 2.24) is 0 Å². The molecule has 1 aromatic rings. The molecule has 1 atom stereocenters. The van der Waals surface area contributed by atoms with Gasteiger partial charge in [-0.2, -0.15) is 0 Å². The lowest BCUT2D eigenvalue weighted by atomic mass is 10.3. The summed E-state index contributed by atoms with van der Waals surface area (Å²) in [4.78, 5) is 0. The van der Waals surface area contributed by atoms with E-state index in [1.165, 1.54) is 24.3 Å². The zero-order chi connectivity index (χ0) is 9.68. The third-order valence-electron chi connectivity index (χ3n) is 1.28. The van der Waals surface area contributed by atoms with Crippen molar-refractivity contribution in [3.8, 4) is 5.75 Å². The van der Waals surface area contributed by atoms with Gasteiger partial charge >= 0.3 is 8.25 Å². The van der Waals surface area contributed by atoms with Crippen molar-refractivity contribution in [1.29, 1.82) is 0 Å².